The summed E-state index contributed by atoms with van der Waals surface area (Å²) in [6.45, 7) is 4.08. The van der Waals surface area contributed by atoms with Crippen LogP contribution in [0.2, 0.25) is 0 Å². The van der Waals surface area contributed by atoms with E-state index in [0.717, 1.165) is 54.8 Å². The molecule has 2 aliphatic heterocycles. The van der Waals surface area contributed by atoms with E-state index in [9.17, 15) is 4.39 Å². The van der Waals surface area contributed by atoms with Gasteiger partial charge in [-0.2, -0.15) is 0 Å². The number of thioether (sulfide) groups is 1. The van der Waals surface area contributed by atoms with Crippen molar-refractivity contribution in [3.63, 3.8) is 0 Å². The van der Waals surface area contributed by atoms with Gasteiger partial charge < -0.3 is 14.5 Å². The second-order valence-corrected chi connectivity index (χ2v) is 8.95. The van der Waals surface area contributed by atoms with Crippen LogP contribution in [-0.2, 0) is 5.75 Å². The quantitative estimate of drug-likeness (QED) is 0.560. The van der Waals surface area contributed by atoms with Crippen LogP contribution in [0.4, 0.5) is 10.1 Å². The molecule has 0 amide bonds. The van der Waals surface area contributed by atoms with Crippen molar-refractivity contribution in [3.05, 3.63) is 59.9 Å². The molecule has 2 aliphatic rings. The molecule has 4 rings (SSSR count). The molecule has 0 saturated carbocycles. The summed E-state index contributed by atoms with van der Waals surface area (Å²) in [5.41, 5.74) is 2.45. The summed E-state index contributed by atoms with van der Waals surface area (Å²) >= 11 is 1.85. The number of likely N-dealkylation sites (tertiary alicyclic amines) is 1. The van der Waals surface area contributed by atoms with Gasteiger partial charge in [0.25, 0.3) is 0 Å². The predicted octanol–water partition coefficient (Wildman–Crippen LogP) is 5.32. The van der Waals surface area contributed by atoms with Crippen molar-refractivity contribution in [2.24, 2.45) is 4.99 Å². The third-order valence-corrected chi connectivity index (χ3v) is 7.01. The zero-order valence-corrected chi connectivity index (χ0v) is 18.4. The van der Waals surface area contributed by atoms with E-state index < -0.39 is 0 Å². The molecule has 1 fully saturated rings. The molecule has 2 heterocycles. The topological polar surface area (TPSA) is 28.1 Å². The summed E-state index contributed by atoms with van der Waals surface area (Å²) in [4.78, 5) is 9.86. The van der Waals surface area contributed by atoms with Crippen LogP contribution < -0.4 is 4.74 Å². The Morgan fingerprint density at radius 2 is 1.87 bits per heavy atom. The van der Waals surface area contributed by atoms with Gasteiger partial charge in [0.05, 0.1) is 12.3 Å². The number of rotatable bonds is 7. The van der Waals surface area contributed by atoms with Crippen molar-refractivity contribution in [1.82, 2.24) is 9.80 Å². The highest BCUT2D eigenvalue weighted by Gasteiger charge is 2.26. The van der Waals surface area contributed by atoms with E-state index in [4.69, 9.17) is 9.73 Å². The zero-order chi connectivity index (χ0) is 20.8. The molecule has 0 radical (unpaired) electrons. The zero-order valence-electron chi connectivity index (χ0n) is 17.6. The van der Waals surface area contributed by atoms with Crippen molar-refractivity contribution in [3.8, 4) is 5.75 Å². The lowest BCUT2D eigenvalue weighted by molar-refractivity contribution is 0.162. The first kappa shape index (κ1) is 21.2. The van der Waals surface area contributed by atoms with E-state index in [2.05, 4.69) is 41.1 Å². The predicted molar refractivity (Wildman–Crippen MR) is 123 cm³/mol. The number of hydrogen-bond acceptors (Lipinski definition) is 5. The highest BCUT2D eigenvalue weighted by molar-refractivity contribution is 8.13. The minimum atomic E-state index is -0.227. The summed E-state index contributed by atoms with van der Waals surface area (Å²) in [5, 5.41) is 1.16. The van der Waals surface area contributed by atoms with Gasteiger partial charge in [0.1, 0.15) is 11.6 Å². The molecule has 2 aromatic rings. The second kappa shape index (κ2) is 10.3. The molecule has 0 spiro atoms. The summed E-state index contributed by atoms with van der Waals surface area (Å²) in [6, 6.07) is 15.3. The summed E-state index contributed by atoms with van der Waals surface area (Å²) < 4.78 is 18.6. The molecular weight excluding hydrogens is 397 g/mol. The minimum absolute atomic E-state index is 0.227. The summed E-state index contributed by atoms with van der Waals surface area (Å²) in [7, 11) is 2.20. The molecule has 0 aromatic heterocycles. The molecule has 0 aliphatic carbocycles. The molecule has 0 bridgehead atoms. The number of fused-ring (bicyclic) bond motifs is 1. The number of hydrogen-bond donors (Lipinski definition) is 0. The first-order chi connectivity index (χ1) is 14.7. The average molecular weight is 428 g/mol. The Hall–Kier alpha value is -2.05. The first-order valence-corrected chi connectivity index (χ1v) is 11.8. The van der Waals surface area contributed by atoms with Crippen LogP contribution in [-0.4, -0.2) is 54.3 Å². The Morgan fingerprint density at radius 1 is 1.10 bits per heavy atom. The Balaban J connectivity index is 1.15. The van der Waals surface area contributed by atoms with Gasteiger partial charge in [-0.25, -0.2) is 9.38 Å². The van der Waals surface area contributed by atoms with Crippen molar-refractivity contribution in [1.29, 1.82) is 0 Å². The standard InChI is InChI=1S/C24H30FN3OS/c1-27(24-26-23-7-3-2-6-19(23)18-30-24)21-12-15-28(16-13-21)14-4-5-17-29-22-10-8-20(25)9-11-22/h2-3,6-11,21H,4-5,12-18H2,1H3. The molecule has 1 saturated heterocycles. The summed E-state index contributed by atoms with van der Waals surface area (Å²) in [6.07, 6.45) is 4.51. The lowest BCUT2D eigenvalue weighted by Gasteiger charge is -2.38. The molecular formula is C24H30FN3OS. The Bertz CT molecular complexity index is 850. The number of unbranched alkanes of at least 4 members (excludes halogenated alkanes) is 1. The van der Waals surface area contributed by atoms with Crippen molar-refractivity contribution < 1.29 is 9.13 Å². The van der Waals surface area contributed by atoms with Crippen LogP contribution in [0.1, 0.15) is 31.2 Å². The number of para-hydroxylation sites is 1. The fourth-order valence-corrected chi connectivity index (χ4v) is 5.09. The smallest absolute Gasteiger partial charge is 0.164 e. The van der Waals surface area contributed by atoms with Crippen LogP contribution in [0.15, 0.2) is 53.5 Å². The highest BCUT2D eigenvalue weighted by atomic mass is 32.2. The van der Waals surface area contributed by atoms with E-state index in [1.54, 1.807) is 12.1 Å². The summed E-state index contributed by atoms with van der Waals surface area (Å²) in [5.74, 6) is 1.53. The maximum absolute atomic E-state index is 12.9. The van der Waals surface area contributed by atoms with Crippen LogP contribution >= 0.6 is 11.8 Å². The molecule has 6 heteroatoms. The number of aliphatic imine (C=N–C) groups is 1. The van der Waals surface area contributed by atoms with Crippen LogP contribution in [0.3, 0.4) is 0 Å². The first-order valence-electron chi connectivity index (χ1n) is 10.8. The van der Waals surface area contributed by atoms with E-state index >= 15 is 0 Å². The average Bonchev–Trinajstić information content (AvgIpc) is 2.80. The Labute approximate surface area is 183 Å². The van der Waals surface area contributed by atoms with Crippen LogP contribution in [0, 0.1) is 5.82 Å². The van der Waals surface area contributed by atoms with Gasteiger partial charge in [0.2, 0.25) is 0 Å². The third-order valence-electron chi connectivity index (χ3n) is 5.92. The maximum atomic E-state index is 12.9. The number of nitrogens with zero attached hydrogens (tertiary/aromatic N) is 3. The van der Waals surface area contributed by atoms with E-state index in [1.165, 1.54) is 30.5 Å². The minimum Gasteiger partial charge on any atom is -0.494 e. The van der Waals surface area contributed by atoms with Crippen LogP contribution in [0.5, 0.6) is 5.75 Å². The normalized spacial score (nSPS) is 17.3. The molecule has 0 N–H and O–H groups in total. The van der Waals surface area contributed by atoms with Gasteiger partial charge in [-0.15, -0.1) is 0 Å². The highest BCUT2D eigenvalue weighted by Crippen LogP contribution is 2.32. The van der Waals surface area contributed by atoms with E-state index in [-0.39, 0.29) is 5.82 Å². The van der Waals surface area contributed by atoms with Gasteiger partial charge in [-0.3, -0.25) is 0 Å². The molecule has 2 aromatic carbocycles. The molecule has 30 heavy (non-hydrogen) atoms. The van der Waals surface area contributed by atoms with Crippen LogP contribution in [0.25, 0.3) is 0 Å². The van der Waals surface area contributed by atoms with Gasteiger partial charge in [-0.05, 0) is 68.1 Å². The lowest BCUT2D eigenvalue weighted by Crippen LogP contribution is -2.45. The molecule has 0 atom stereocenters. The monoisotopic (exact) mass is 427 g/mol. The second-order valence-electron chi connectivity index (χ2n) is 8.00. The number of benzene rings is 2. The molecule has 0 unspecified atom stereocenters. The van der Waals surface area contributed by atoms with Gasteiger partial charge in [-0.1, -0.05) is 30.0 Å². The van der Waals surface area contributed by atoms with E-state index in [0.29, 0.717) is 12.6 Å². The number of ether oxygens (including phenoxy) is 1. The number of piperidine rings is 1. The van der Waals surface area contributed by atoms with Gasteiger partial charge >= 0.3 is 0 Å². The fraction of sp³-hybridized carbons (Fsp3) is 0.458. The third kappa shape index (κ3) is 5.55. The number of halogens is 1. The lowest BCUT2D eigenvalue weighted by atomic mass is 10.0. The molecule has 160 valence electrons. The van der Waals surface area contributed by atoms with Crippen molar-refractivity contribution in [2.45, 2.75) is 37.5 Å². The van der Waals surface area contributed by atoms with Crippen molar-refractivity contribution >= 4 is 22.6 Å². The Morgan fingerprint density at radius 3 is 2.67 bits per heavy atom. The van der Waals surface area contributed by atoms with E-state index in [1.807, 2.05) is 11.8 Å². The fourth-order valence-electron chi connectivity index (χ4n) is 4.04. The van der Waals surface area contributed by atoms with Gasteiger partial charge in [0.15, 0.2) is 5.17 Å². The van der Waals surface area contributed by atoms with Crippen molar-refractivity contribution in [2.75, 3.05) is 33.3 Å². The SMILES string of the molecule is CN(C1=Nc2ccccc2CS1)C1CCN(CCCCOc2ccc(F)cc2)CC1. The largest absolute Gasteiger partial charge is 0.494 e. The maximum Gasteiger partial charge on any atom is 0.164 e. The molecule has 4 nitrogen and oxygen atoms in total. The number of amidine groups is 1. The van der Waals surface area contributed by atoms with Gasteiger partial charge in [0, 0.05) is 31.9 Å². The Kier molecular flexibility index (Phi) is 7.28.